The van der Waals surface area contributed by atoms with Gasteiger partial charge >= 0.3 is 5.97 Å². The van der Waals surface area contributed by atoms with Crippen LogP contribution in [0.15, 0.2) is 22.7 Å². The summed E-state index contributed by atoms with van der Waals surface area (Å²) in [5, 5.41) is 4.11. The van der Waals surface area contributed by atoms with Crippen LogP contribution in [0.25, 0.3) is 0 Å². The zero-order chi connectivity index (χ0) is 23.0. The zero-order valence-electron chi connectivity index (χ0n) is 18.3. The molecule has 1 aromatic carbocycles. The Labute approximate surface area is 186 Å². The molecule has 2 aromatic rings. The smallest absolute Gasteiger partial charge is 0.319 e. The molecule has 1 fully saturated rings. The normalized spacial score (nSPS) is 18.3. The summed E-state index contributed by atoms with van der Waals surface area (Å²) in [7, 11) is -3.36. The number of hydrogen-bond acceptors (Lipinski definition) is 7. The summed E-state index contributed by atoms with van der Waals surface area (Å²) in [4.78, 5) is 17.2. The fraction of sp³-hybridized carbons (Fsp3) is 0.571. The summed E-state index contributed by atoms with van der Waals surface area (Å²) in [6.45, 7) is 8.49. The minimum absolute atomic E-state index is 0.0446. The fourth-order valence-corrected chi connectivity index (χ4v) is 5.15. The van der Waals surface area contributed by atoms with Crippen LogP contribution in [0, 0.1) is 5.82 Å². The standard InChI is InChI=1S/C21H27ClFN2O5P/c1-6-28-31(5,27)16(18(26)29-20(2,3)4)12-17-24-19(25-30-17)21(9-10-21)13-7-8-14(22)15(23)11-13/h7-8,11,16H,6,9-10,12H2,1-5H3. The highest BCUT2D eigenvalue weighted by atomic mass is 35.5. The van der Waals surface area contributed by atoms with E-state index in [9.17, 15) is 13.8 Å². The van der Waals surface area contributed by atoms with E-state index in [1.165, 1.54) is 18.8 Å². The maximum Gasteiger partial charge on any atom is 0.319 e. The van der Waals surface area contributed by atoms with E-state index in [4.69, 9.17) is 25.4 Å². The Balaban J connectivity index is 1.86. The summed E-state index contributed by atoms with van der Waals surface area (Å²) in [5.74, 6) is -0.613. The van der Waals surface area contributed by atoms with Gasteiger partial charge in [-0.3, -0.25) is 9.36 Å². The molecule has 1 aliphatic rings. The highest BCUT2D eigenvalue weighted by Crippen LogP contribution is 2.53. The van der Waals surface area contributed by atoms with Gasteiger partial charge in [-0.2, -0.15) is 4.98 Å². The van der Waals surface area contributed by atoms with Crippen LogP contribution in [-0.4, -0.2) is 40.6 Å². The van der Waals surface area contributed by atoms with Gasteiger partial charge in [0.25, 0.3) is 0 Å². The van der Waals surface area contributed by atoms with E-state index in [-0.39, 0.29) is 23.9 Å². The Morgan fingerprint density at radius 2 is 2.06 bits per heavy atom. The molecule has 170 valence electrons. The molecule has 2 unspecified atom stereocenters. The Morgan fingerprint density at radius 3 is 2.61 bits per heavy atom. The lowest BCUT2D eigenvalue weighted by Gasteiger charge is -2.26. The average Bonchev–Trinajstić information content (AvgIpc) is 3.32. The van der Waals surface area contributed by atoms with Gasteiger partial charge in [-0.25, -0.2) is 4.39 Å². The Bertz CT molecular complexity index is 1020. The molecule has 0 saturated heterocycles. The van der Waals surface area contributed by atoms with Gasteiger partial charge in [-0.1, -0.05) is 22.8 Å². The van der Waals surface area contributed by atoms with Gasteiger partial charge in [0.05, 0.1) is 17.0 Å². The monoisotopic (exact) mass is 472 g/mol. The van der Waals surface area contributed by atoms with Crippen molar-refractivity contribution in [2.75, 3.05) is 13.3 Å². The van der Waals surface area contributed by atoms with E-state index in [0.29, 0.717) is 11.4 Å². The van der Waals surface area contributed by atoms with Crippen molar-refractivity contribution in [2.45, 2.75) is 63.6 Å². The van der Waals surface area contributed by atoms with Crippen molar-refractivity contribution >= 4 is 24.9 Å². The number of ether oxygens (including phenoxy) is 1. The lowest BCUT2D eigenvalue weighted by molar-refractivity contribution is -0.154. The van der Waals surface area contributed by atoms with Gasteiger partial charge in [0.1, 0.15) is 17.1 Å². The Morgan fingerprint density at radius 1 is 1.39 bits per heavy atom. The lowest BCUT2D eigenvalue weighted by Crippen LogP contribution is -2.33. The van der Waals surface area contributed by atoms with Gasteiger partial charge in [0.15, 0.2) is 5.82 Å². The van der Waals surface area contributed by atoms with E-state index in [1.54, 1.807) is 33.8 Å². The molecule has 10 heteroatoms. The molecule has 0 amide bonds. The quantitative estimate of drug-likeness (QED) is 0.388. The van der Waals surface area contributed by atoms with Crippen LogP contribution in [0.5, 0.6) is 0 Å². The van der Waals surface area contributed by atoms with Crippen molar-refractivity contribution in [1.29, 1.82) is 0 Å². The Hall–Kier alpha value is -1.76. The van der Waals surface area contributed by atoms with Crippen LogP contribution in [0.1, 0.15) is 57.8 Å². The molecule has 0 bridgehead atoms. The van der Waals surface area contributed by atoms with E-state index >= 15 is 0 Å². The number of aromatic nitrogens is 2. The van der Waals surface area contributed by atoms with Crippen molar-refractivity contribution in [3.8, 4) is 0 Å². The number of carbonyl (C=O) groups excluding carboxylic acids is 1. The van der Waals surface area contributed by atoms with Crippen molar-refractivity contribution in [3.63, 3.8) is 0 Å². The molecule has 1 aliphatic carbocycles. The van der Waals surface area contributed by atoms with Crippen LogP contribution in [0.2, 0.25) is 5.02 Å². The molecule has 1 saturated carbocycles. The highest BCUT2D eigenvalue weighted by molar-refractivity contribution is 7.60. The molecule has 7 nitrogen and oxygen atoms in total. The number of halogens is 2. The molecule has 0 aliphatic heterocycles. The third kappa shape index (κ3) is 5.36. The third-order valence-corrected chi connectivity index (χ3v) is 7.72. The second kappa shape index (κ2) is 8.64. The van der Waals surface area contributed by atoms with E-state index < -0.39 is 35.8 Å². The van der Waals surface area contributed by atoms with E-state index in [0.717, 1.165) is 12.8 Å². The maximum absolute atomic E-state index is 14.0. The van der Waals surface area contributed by atoms with Crippen molar-refractivity contribution in [2.24, 2.45) is 0 Å². The third-order valence-electron chi connectivity index (χ3n) is 5.12. The van der Waals surface area contributed by atoms with Crippen molar-refractivity contribution in [1.82, 2.24) is 10.1 Å². The molecule has 2 atom stereocenters. The molecule has 31 heavy (non-hydrogen) atoms. The summed E-state index contributed by atoms with van der Waals surface area (Å²) < 4.78 is 43.3. The summed E-state index contributed by atoms with van der Waals surface area (Å²) in [6.07, 6.45) is 1.38. The Kier molecular flexibility index (Phi) is 6.66. The SMILES string of the molecule is CCOP(C)(=O)C(Cc1nc(C2(c3ccc(Cl)c(F)c3)CC2)no1)C(=O)OC(C)(C)C. The van der Waals surface area contributed by atoms with E-state index in [2.05, 4.69) is 10.1 Å². The van der Waals surface area contributed by atoms with Crippen LogP contribution in [0.3, 0.4) is 0 Å². The number of esters is 1. The lowest BCUT2D eigenvalue weighted by atomic mass is 9.95. The van der Waals surface area contributed by atoms with Crippen molar-refractivity contribution in [3.05, 3.63) is 46.3 Å². The molecule has 3 rings (SSSR count). The first-order chi connectivity index (χ1) is 14.4. The van der Waals surface area contributed by atoms with Crippen LogP contribution < -0.4 is 0 Å². The van der Waals surface area contributed by atoms with Gasteiger partial charge in [0, 0.05) is 13.1 Å². The predicted octanol–water partition coefficient (Wildman–Crippen LogP) is 5.14. The van der Waals surface area contributed by atoms with Gasteiger partial charge in [0.2, 0.25) is 13.3 Å². The molecule has 1 heterocycles. The van der Waals surface area contributed by atoms with Crippen LogP contribution >= 0.6 is 19.0 Å². The topological polar surface area (TPSA) is 91.5 Å². The van der Waals surface area contributed by atoms with Gasteiger partial charge in [-0.15, -0.1) is 0 Å². The molecular weight excluding hydrogens is 446 g/mol. The number of rotatable bonds is 8. The first kappa shape index (κ1) is 23.9. The zero-order valence-corrected chi connectivity index (χ0v) is 19.9. The first-order valence-corrected chi connectivity index (χ1v) is 12.6. The fourth-order valence-electron chi connectivity index (χ4n) is 3.41. The summed E-state index contributed by atoms with van der Waals surface area (Å²) >= 11 is 5.80. The summed E-state index contributed by atoms with van der Waals surface area (Å²) in [6, 6.07) is 4.62. The first-order valence-electron chi connectivity index (χ1n) is 10.1. The average molecular weight is 473 g/mol. The molecule has 0 spiro atoms. The number of carbonyl (C=O) groups is 1. The summed E-state index contributed by atoms with van der Waals surface area (Å²) in [5.41, 5.74) is -1.67. The predicted molar refractivity (Wildman–Crippen MR) is 114 cm³/mol. The highest BCUT2D eigenvalue weighted by Gasteiger charge is 2.50. The largest absolute Gasteiger partial charge is 0.459 e. The van der Waals surface area contributed by atoms with Crippen LogP contribution in [0.4, 0.5) is 4.39 Å². The second-order valence-electron chi connectivity index (χ2n) is 8.80. The second-order valence-corrected chi connectivity index (χ2v) is 11.9. The molecule has 0 N–H and O–H groups in total. The van der Waals surface area contributed by atoms with Gasteiger partial charge < -0.3 is 13.8 Å². The molecule has 1 aromatic heterocycles. The van der Waals surface area contributed by atoms with Crippen molar-refractivity contribution < 1.29 is 27.5 Å². The van der Waals surface area contributed by atoms with E-state index in [1.807, 2.05) is 0 Å². The minimum Gasteiger partial charge on any atom is -0.459 e. The van der Waals surface area contributed by atoms with Crippen LogP contribution in [-0.2, 0) is 30.5 Å². The minimum atomic E-state index is -3.36. The maximum atomic E-state index is 14.0. The van der Waals surface area contributed by atoms with Gasteiger partial charge in [-0.05, 0) is 58.2 Å². The molecule has 0 radical (unpaired) electrons. The number of nitrogens with zero attached hydrogens (tertiary/aromatic N) is 2. The molecular formula is C21H27ClFN2O5P. The number of hydrogen-bond donors (Lipinski definition) is 0. The number of benzene rings is 1.